The molecule has 0 saturated heterocycles. The summed E-state index contributed by atoms with van der Waals surface area (Å²) in [5.41, 5.74) is 0. The maximum Gasteiger partial charge on any atom is 0.243 e. The Morgan fingerprint density at radius 3 is 2.29 bits per heavy atom. The van der Waals surface area contributed by atoms with Crippen molar-refractivity contribution in [2.75, 3.05) is 26.4 Å². The van der Waals surface area contributed by atoms with Crippen LogP contribution in [0.25, 0.3) is 0 Å². The second-order valence-corrected chi connectivity index (χ2v) is 5.03. The van der Waals surface area contributed by atoms with Crippen LogP contribution >= 0.6 is 0 Å². The number of hydrogen-bond acceptors (Lipinski definition) is 2. The molecule has 0 N–H and O–H groups in total. The molecule has 0 aliphatic heterocycles. The van der Waals surface area contributed by atoms with Gasteiger partial charge in [-0.15, -0.1) is 13.2 Å². The highest BCUT2D eigenvalue weighted by Gasteiger charge is 2.03. The average molecular weight is 293 g/mol. The van der Waals surface area contributed by atoms with Gasteiger partial charge in [0.1, 0.15) is 12.4 Å². The summed E-state index contributed by atoms with van der Waals surface area (Å²) < 4.78 is 15.2. The summed E-state index contributed by atoms with van der Waals surface area (Å²) in [4.78, 5) is 0. The molecule has 4 nitrogen and oxygen atoms in total. The van der Waals surface area contributed by atoms with Gasteiger partial charge in [0.2, 0.25) is 6.33 Å². The van der Waals surface area contributed by atoms with E-state index in [1.807, 2.05) is 0 Å². The monoisotopic (exact) mass is 293 g/mol. The predicted octanol–water partition coefficient (Wildman–Crippen LogP) is 2.74. The molecular weight excluding hydrogens is 264 g/mol. The first-order chi connectivity index (χ1) is 10.4. The summed E-state index contributed by atoms with van der Waals surface area (Å²) in [7, 11) is 0. The Morgan fingerprint density at radius 2 is 1.62 bits per heavy atom. The van der Waals surface area contributed by atoms with E-state index in [2.05, 4.69) is 41.0 Å². The minimum absolute atomic E-state index is 0.653. The van der Waals surface area contributed by atoms with E-state index in [1.165, 1.54) is 0 Å². The van der Waals surface area contributed by atoms with Crippen molar-refractivity contribution in [2.45, 2.75) is 38.8 Å². The van der Waals surface area contributed by atoms with Crippen LogP contribution in [0.1, 0.15) is 25.7 Å². The highest BCUT2D eigenvalue weighted by atomic mass is 16.5. The Morgan fingerprint density at radius 1 is 0.952 bits per heavy atom. The summed E-state index contributed by atoms with van der Waals surface area (Å²) in [6.45, 7) is 12.3. The lowest BCUT2D eigenvalue weighted by Crippen LogP contribution is -2.31. The number of hydrogen-bond donors (Lipinski definition) is 0. The van der Waals surface area contributed by atoms with Crippen LogP contribution in [0.2, 0.25) is 0 Å². The van der Waals surface area contributed by atoms with Gasteiger partial charge in [0.05, 0.1) is 26.3 Å². The topological polar surface area (TPSA) is 27.3 Å². The van der Waals surface area contributed by atoms with Crippen LogP contribution in [0.4, 0.5) is 0 Å². The highest BCUT2D eigenvalue weighted by Crippen LogP contribution is 1.96. The number of imidazole rings is 1. The summed E-state index contributed by atoms with van der Waals surface area (Å²) in [6, 6.07) is 0. The van der Waals surface area contributed by atoms with Gasteiger partial charge >= 0.3 is 0 Å². The van der Waals surface area contributed by atoms with Crippen LogP contribution in [0.5, 0.6) is 0 Å². The number of unbranched alkanes of at least 4 members (excludes halogenated alkanes) is 2. The fourth-order valence-electron chi connectivity index (χ4n) is 2.03. The zero-order valence-electron chi connectivity index (χ0n) is 13.1. The van der Waals surface area contributed by atoms with Crippen molar-refractivity contribution in [1.82, 2.24) is 4.57 Å². The maximum atomic E-state index is 5.37. The van der Waals surface area contributed by atoms with Crippen LogP contribution in [-0.4, -0.2) is 31.0 Å². The van der Waals surface area contributed by atoms with E-state index in [-0.39, 0.29) is 0 Å². The van der Waals surface area contributed by atoms with Crippen molar-refractivity contribution in [3.8, 4) is 0 Å². The van der Waals surface area contributed by atoms with Crippen LogP contribution in [0.3, 0.4) is 0 Å². The molecule has 21 heavy (non-hydrogen) atoms. The van der Waals surface area contributed by atoms with E-state index in [9.17, 15) is 0 Å². The standard InChI is InChI=1S/C17H29N2O2/c1-3-13-20-15-7-5-9-18-11-12-19(17-18)10-6-8-16-21-14-4-2/h3-4,11-12,17H,1-2,5-10,13-16H2/q+1. The molecule has 0 amide bonds. The van der Waals surface area contributed by atoms with Crippen LogP contribution in [-0.2, 0) is 22.6 Å². The third-order valence-electron chi connectivity index (χ3n) is 3.13. The third kappa shape index (κ3) is 9.21. The normalized spacial score (nSPS) is 10.7. The van der Waals surface area contributed by atoms with Gasteiger partial charge in [0, 0.05) is 13.2 Å². The van der Waals surface area contributed by atoms with Crippen LogP contribution in [0, 0.1) is 0 Å². The lowest BCUT2D eigenvalue weighted by atomic mass is 10.3. The summed E-state index contributed by atoms with van der Waals surface area (Å²) in [5.74, 6) is 0. The Labute approximate surface area is 128 Å². The smallest absolute Gasteiger partial charge is 0.243 e. The molecule has 0 radical (unpaired) electrons. The molecule has 0 aromatic carbocycles. The zero-order valence-corrected chi connectivity index (χ0v) is 13.1. The highest BCUT2D eigenvalue weighted by molar-refractivity contribution is 4.67. The fraction of sp³-hybridized carbons (Fsp3) is 0.588. The van der Waals surface area contributed by atoms with E-state index in [4.69, 9.17) is 9.47 Å². The van der Waals surface area contributed by atoms with Gasteiger partial charge in [0.15, 0.2) is 0 Å². The Bertz CT molecular complexity index is 353. The van der Waals surface area contributed by atoms with Crippen molar-refractivity contribution in [2.24, 2.45) is 0 Å². The van der Waals surface area contributed by atoms with Crippen molar-refractivity contribution in [3.63, 3.8) is 0 Å². The molecule has 0 bridgehead atoms. The van der Waals surface area contributed by atoms with E-state index >= 15 is 0 Å². The minimum Gasteiger partial charge on any atom is -0.377 e. The molecule has 1 aromatic heterocycles. The summed E-state index contributed by atoms with van der Waals surface area (Å²) in [6.07, 6.45) is 14.5. The van der Waals surface area contributed by atoms with Crippen molar-refractivity contribution >= 4 is 0 Å². The first-order valence-corrected chi connectivity index (χ1v) is 7.79. The predicted molar refractivity (Wildman–Crippen MR) is 85.1 cm³/mol. The van der Waals surface area contributed by atoms with Crippen LogP contribution in [0.15, 0.2) is 44.0 Å². The molecule has 1 heterocycles. The molecule has 0 atom stereocenters. The Balaban J connectivity index is 2.04. The first-order valence-electron chi connectivity index (χ1n) is 7.79. The second-order valence-electron chi connectivity index (χ2n) is 5.03. The van der Waals surface area contributed by atoms with Crippen molar-refractivity contribution in [1.29, 1.82) is 0 Å². The molecule has 0 unspecified atom stereocenters. The molecule has 4 heteroatoms. The Hall–Kier alpha value is -1.39. The molecular formula is C17H29N2O2+. The van der Waals surface area contributed by atoms with Crippen LogP contribution < -0.4 is 4.57 Å². The molecule has 0 spiro atoms. The van der Waals surface area contributed by atoms with Gasteiger partial charge < -0.3 is 9.47 Å². The van der Waals surface area contributed by atoms with Gasteiger partial charge in [-0.1, -0.05) is 12.2 Å². The third-order valence-corrected chi connectivity index (χ3v) is 3.13. The van der Waals surface area contributed by atoms with Crippen molar-refractivity contribution in [3.05, 3.63) is 44.0 Å². The first kappa shape index (κ1) is 17.7. The van der Waals surface area contributed by atoms with E-state index in [0.29, 0.717) is 13.2 Å². The average Bonchev–Trinajstić information content (AvgIpc) is 2.94. The SMILES string of the molecule is C=CCOCCCCn1cc[n+](CCCCOCC=C)c1. The number of aryl methyl sites for hydroxylation is 2. The van der Waals surface area contributed by atoms with E-state index in [1.54, 1.807) is 12.2 Å². The van der Waals surface area contributed by atoms with Gasteiger partial charge in [0.25, 0.3) is 0 Å². The molecule has 0 aliphatic rings. The van der Waals surface area contributed by atoms with Crippen molar-refractivity contribution < 1.29 is 14.0 Å². The van der Waals surface area contributed by atoms with E-state index in [0.717, 1.165) is 52.0 Å². The molecule has 1 aromatic rings. The molecule has 0 fully saturated rings. The minimum atomic E-state index is 0.653. The quantitative estimate of drug-likeness (QED) is 0.300. The lowest BCUT2D eigenvalue weighted by molar-refractivity contribution is -0.697. The summed E-state index contributed by atoms with van der Waals surface area (Å²) in [5, 5.41) is 0. The van der Waals surface area contributed by atoms with Gasteiger partial charge in [-0.25, -0.2) is 9.13 Å². The number of aromatic nitrogens is 2. The molecule has 1 rings (SSSR count). The van der Waals surface area contributed by atoms with Gasteiger partial charge in [-0.05, 0) is 25.7 Å². The summed E-state index contributed by atoms with van der Waals surface area (Å²) >= 11 is 0. The van der Waals surface area contributed by atoms with Gasteiger partial charge in [-0.3, -0.25) is 0 Å². The maximum absolute atomic E-state index is 5.37. The largest absolute Gasteiger partial charge is 0.377 e. The van der Waals surface area contributed by atoms with E-state index < -0.39 is 0 Å². The lowest BCUT2D eigenvalue weighted by Gasteiger charge is -2.00. The molecule has 118 valence electrons. The molecule has 0 aliphatic carbocycles. The number of nitrogens with zero attached hydrogens (tertiary/aromatic N) is 2. The number of rotatable bonds is 14. The fourth-order valence-corrected chi connectivity index (χ4v) is 2.03. The molecule has 0 saturated carbocycles. The van der Waals surface area contributed by atoms with Gasteiger partial charge in [-0.2, -0.15) is 0 Å². The zero-order chi connectivity index (χ0) is 15.2. The second kappa shape index (κ2) is 12.4. The Kier molecular flexibility index (Phi) is 10.4. The number of ether oxygens (including phenoxy) is 2.